The van der Waals surface area contributed by atoms with Gasteiger partial charge in [0.2, 0.25) is 5.13 Å². The smallest absolute Gasteiger partial charge is 0.387 e. The summed E-state index contributed by atoms with van der Waals surface area (Å²) in [5.41, 5.74) is 2.58. The maximum atomic E-state index is 12.0. The van der Waals surface area contributed by atoms with E-state index >= 15 is 0 Å². The quantitative estimate of drug-likeness (QED) is 0.906. The van der Waals surface area contributed by atoms with E-state index < -0.39 is 6.61 Å². The molecule has 96 valence electrons. The van der Waals surface area contributed by atoms with E-state index in [4.69, 9.17) is 0 Å². The Morgan fingerprint density at radius 1 is 1.28 bits per heavy atom. The summed E-state index contributed by atoms with van der Waals surface area (Å²) in [4.78, 5) is 0. The maximum absolute atomic E-state index is 12.0. The van der Waals surface area contributed by atoms with Gasteiger partial charge in [-0.2, -0.15) is 8.78 Å². The van der Waals surface area contributed by atoms with E-state index in [0.717, 1.165) is 10.7 Å². The molecule has 18 heavy (non-hydrogen) atoms. The van der Waals surface area contributed by atoms with Crippen LogP contribution in [0.1, 0.15) is 18.5 Å². The van der Waals surface area contributed by atoms with Crippen molar-refractivity contribution in [2.75, 3.05) is 5.32 Å². The number of aromatic nitrogens is 2. The number of benzene rings is 1. The fraction of sp³-hybridized carbons (Fsp3) is 0.273. The summed E-state index contributed by atoms with van der Waals surface area (Å²) in [6.07, 6.45) is 0. The number of halogens is 2. The van der Waals surface area contributed by atoms with Gasteiger partial charge in [0, 0.05) is 0 Å². The number of hydrogen-bond donors (Lipinski definition) is 1. The van der Waals surface area contributed by atoms with Crippen molar-refractivity contribution in [3.8, 4) is 5.75 Å². The minimum absolute atomic E-state index is 0.0125. The average Bonchev–Trinajstić information content (AvgIpc) is 2.82. The Hall–Kier alpha value is -1.76. The molecule has 0 aliphatic heterocycles. The molecule has 0 amide bonds. The van der Waals surface area contributed by atoms with Crippen molar-refractivity contribution in [1.82, 2.24) is 10.2 Å². The van der Waals surface area contributed by atoms with Crippen molar-refractivity contribution in [3.05, 3.63) is 35.3 Å². The largest absolute Gasteiger partial charge is 0.435 e. The van der Waals surface area contributed by atoms with E-state index in [0.29, 0.717) is 0 Å². The number of rotatable bonds is 5. The second kappa shape index (κ2) is 5.72. The Morgan fingerprint density at radius 2 is 2.00 bits per heavy atom. The second-order valence-corrected chi connectivity index (χ2v) is 4.39. The Kier molecular flexibility index (Phi) is 4.03. The van der Waals surface area contributed by atoms with Crippen molar-refractivity contribution in [2.24, 2.45) is 0 Å². The van der Waals surface area contributed by atoms with E-state index in [1.165, 1.54) is 23.5 Å². The summed E-state index contributed by atoms with van der Waals surface area (Å²) in [5, 5.41) is 11.5. The zero-order valence-corrected chi connectivity index (χ0v) is 10.3. The van der Waals surface area contributed by atoms with Crippen LogP contribution < -0.4 is 10.1 Å². The van der Waals surface area contributed by atoms with E-state index in [9.17, 15) is 8.78 Å². The van der Waals surface area contributed by atoms with Crippen LogP contribution in [0.15, 0.2) is 29.8 Å². The first kappa shape index (κ1) is 12.7. The predicted octanol–water partition coefficient (Wildman–Crippen LogP) is 3.31. The van der Waals surface area contributed by atoms with Crippen LogP contribution >= 0.6 is 11.3 Å². The molecule has 0 saturated carbocycles. The Labute approximate surface area is 107 Å². The molecule has 0 aliphatic carbocycles. The first-order chi connectivity index (χ1) is 8.65. The third-order valence-corrected chi connectivity index (χ3v) is 2.93. The molecule has 7 heteroatoms. The highest BCUT2D eigenvalue weighted by Gasteiger charge is 2.08. The van der Waals surface area contributed by atoms with E-state index in [1.54, 1.807) is 17.6 Å². The van der Waals surface area contributed by atoms with Gasteiger partial charge in [-0.15, -0.1) is 10.2 Å². The topological polar surface area (TPSA) is 47.0 Å². The molecular weight excluding hydrogens is 260 g/mol. The molecule has 0 fully saturated rings. The highest BCUT2D eigenvalue weighted by atomic mass is 32.1. The van der Waals surface area contributed by atoms with Gasteiger partial charge in [-0.1, -0.05) is 23.5 Å². The van der Waals surface area contributed by atoms with Crippen LogP contribution in [0.5, 0.6) is 5.75 Å². The maximum Gasteiger partial charge on any atom is 0.387 e. The number of nitrogens with zero attached hydrogens (tertiary/aromatic N) is 2. The van der Waals surface area contributed by atoms with E-state index in [2.05, 4.69) is 20.3 Å². The Bertz CT molecular complexity index is 476. The molecule has 2 aromatic rings. The van der Waals surface area contributed by atoms with Gasteiger partial charge in [0.15, 0.2) is 0 Å². The Morgan fingerprint density at radius 3 is 2.56 bits per heavy atom. The molecule has 1 atom stereocenters. The standard InChI is InChI=1S/C11H11F2N3OS/c1-7(15-11-16-14-6-18-11)8-2-4-9(5-3-8)17-10(12)13/h2-7,10H,1H3,(H,15,16). The monoisotopic (exact) mass is 271 g/mol. The molecule has 1 heterocycles. The molecule has 0 radical (unpaired) electrons. The fourth-order valence-corrected chi connectivity index (χ4v) is 1.98. The van der Waals surface area contributed by atoms with Crippen LogP contribution in [0, 0.1) is 0 Å². The zero-order valence-electron chi connectivity index (χ0n) is 9.51. The SMILES string of the molecule is CC(Nc1nncs1)c1ccc(OC(F)F)cc1. The first-order valence-corrected chi connectivity index (χ1v) is 6.10. The van der Waals surface area contributed by atoms with Crippen molar-refractivity contribution in [1.29, 1.82) is 0 Å². The van der Waals surface area contributed by atoms with Crippen LogP contribution in [0.2, 0.25) is 0 Å². The molecule has 1 aromatic carbocycles. The third-order valence-electron chi connectivity index (χ3n) is 2.31. The first-order valence-electron chi connectivity index (χ1n) is 5.22. The number of alkyl halides is 2. The summed E-state index contributed by atoms with van der Waals surface area (Å²) in [6, 6.07) is 6.50. The normalized spacial score (nSPS) is 12.4. The number of anilines is 1. The number of ether oxygens (including phenoxy) is 1. The molecule has 1 N–H and O–H groups in total. The van der Waals surface area contributed by atoms with E-state index in [1.807, 2.05) is 6.92 Å². The highest BCUT2D eigenvalue weighted by Crippen LogP contribution is 2.22. The number of hydrogen-bond acceptors (Lipinski definition) is 5. The van der Waals surface area contributed by atoms with Crippen LogP contribution in [0.4, 0.5) is 13.9 Å². The molecule has 1 unspecified atom stereocenters. The molecule has 4 nitrogen and oxygen atoms in total. The lowest BCUT2D eigenvalue weighted by atomic mass is 10.1. The lowest BCUT2D eigenvalue weighted by Crippen LogP contribution is -2.07. The van der Waals surface area contributed by atoms with Crippen LogP contribution in [0.3, 0.4) is 0 Å². The molecule has 0 aliphatic rings. The van der Waals surface area contributed by atoms with Gasteiger partial charge in [0.1, 0.15) is 11.3 Å². The summed E-state index contributed by atoms with van der Waals surface area (Å²) >= 11 is 1.40. The highest BCUT2D eigenvalue weighted by molar-refractivity contribution is 7.13. The molecule has 2 rings (SSSR count). The molecule has 1 aromatic heterocycles. The van der Waals surface area contributed by atoms with Gasteiger partial charge >= 0.3 is 6.61 Å². The Balaban J connectivity index is 2.00. The third kappa shape index (κ3) is 3.36. The molecule has 0 saturated heterocycles. The summed E-state index contributed by atoms with van der Waals surface area (Å²) in [5.74, 6) is 0.150. The van der Waals surface area contributed by atoms with Crippen molar-refractivity contribution in [2.45, 2.75) is 19.6 Å². The zero-order chi connectivity index (χ0) is 13.0. The predicted molar refractivity (Wildman–Crippen MR) is 65.0 cm³/mol. The van der Waals surface area contributed by atoms with Gasteiger partial charge in [-0.05, 0) is 24.6 Å². The summed E-state index contributed by atoms with van der Waals surface area (Å²) in [6.45, 7) is -0.850. The van der Waals surface area contributed by atoms with Crippen molar-refractivity contribution < 1.29 is 13.5 Å². The fourth-order valence-electron chi connectivity index (χ4n) is 1.44. The van der Waals surface area contributed by atoms with Crippen LogP contribution in [-0.4, -0.2) is 16.8 Å². The van der Waals surface area contributed by atoms with Crippen molar-refractivity contribution >= 4 is 16.5 Å². The molecule has 0 bridgehead atoms. The van der Waals surface area contributed by atoms with Crippen LogP contribution in [0.25, 0.3) is 0 Å². The number of nitrogens with one attached hydrogen (secondary N) is 1. The van der Waals surface area contributed by atoms with Gasteiger partial charge in [0.05, 0.1) is 6.04 Å². The summed E-state index contributed by atoms with van der Waals surface area (Å²) < 4.78 is 28.2. The van der Waals surface area contributed by atoms with Crippen LogP contribution in [-0.2, 0) is 0 Å². The summed E-state index contributed by atoms with van der Waals surface area (Å²) in [7, 11) is 0. The van der Waals surface area contributed by atoms with Gasteiger partial charge < -0.3 is 10.1 Å². The second-order valence-electron chi connectivity index (χ2n) is 3.56. The molecular formula is C11H11F2N3OS. The average molecular weight is 271 g/mol. The van der Waals surface area contributed by atoms with Gasteiger partial charge in [-0.25, -0.2) is 0 Å². The molecule has 0 spiro atoms. The minimum atomic E-state index is -2.80. The lowest BCUT2D eigenvalue weighted by molar-refractivity contribution is -0.0498. The van der Waals surface area contributed by atoms with Gasteiger partial charge in [-0.3, -0.25) is 0 Å². The minimum Gasteiger partial charge on any atom is -0.435 e. The van der Waals surface area contributed by atoms with E-state index in [-0.39, 0.29) is 11.8 Å². The van der Waals surface area contributed by atoms with Crippen molar-refractivity contribution in [3.63, 3.8) is 0 Å². The lowest BCUT2D eigenvalue weighted by Gasteiger charge is -2.13. The van der Waals surface area contributed by atoms with Gasteiger partial charge in [0.25, 0.3) is 0 Å².